The first-order chi connectivity index (χ1) is 13.2. The van der Waals surface area contributed by atoms with Crippen LogP contribution in [-0.2, 0) is 16.0 Å². The molecule has 4 nitrogen and oxygen atoms in total. The van der Waals surface area contributed by atoms with Crippen molar-refractivity contribution in [1.82, 2.24) is 10.6 Å². The number of benzene rings is 2. The van der Waals surface area contributed by atoms with E-state index in [0.29, 0.717) is 5.92 Å². The molecule has 1 fully saturated rings. The first kappa shape index (κ1) is 18.1. The van der Waals surface area contributed by atoms with E-state index in [2.05, 4.69) is 22.8 Å². The number of carbonyl (C=O) groups excluding carboxylic acids is 1. The lowest BCUT2D eigenvalue weighted by atomic mass is 10.0. The topological polar surface area (TPSA) is 50.4 Å². The molecule has 142 valence electrons. The molecule has 3 atom stereocenters. The Kier molecular flexibility index (Phi) is 5.23. The monoisotopic (exact) mass is 368 g/mol. The summed E-state index contributed by atoms with van der Waals surface area (Å²) in [6, 6.07) is 13.7. The normalized spacial score (nSPS) is 22.3. The standard InChI is InChI=1S/C22H25FN2O2/c1-27-21-18-5-3-2-4-16(18)12-19(21)25-22(26)20(24-13-14-6-7-14)15-8-10-17(23)11-9-15/h2-5,8-11,14,19-21,24H,6-7,12-13H2,1H3,(H,25,26)/t19?,20-,21?/m0/s1. The van der Waals surface area contributed by atoms with Gasteiger partial charge < -0.3 is 15.4 Å². The van der Waals surface area contributed by atoms with Crippen LogP contribution in [0.15, 0.2) is 48.5 Å². The molecule has 0 aromatic heterocycles. The maximum absolute atomic E-state index is 13.3. The third-order valence-electron chi connectivity index (χ3n) is 5.52. The summed E-state index contributed by atoms with van der Waals surface area (Å²) in [5.74, 6) is 0.246. The largest absolute Gasteiger partial charge is 0.375 e. The molecule has 2 aromatic rings. The summed E-state index contributed by atoms with van der Waals surface area (Å²) < 4.78 is 19.0. The van der Waals surface area contributed by atoms with Gasteiger partial charge in [0.1, 0.15) is 18.0 Å². The summed E-state index contributed by atoms with van der Waals surface area (Å²) in [5, 5.41) is 6.53. The lowest BCUT2D eigenvalue weighted by molar-refractivity contribution is -0.125. The second-order valence-corrected chi connectivity index (χ2v) is 7.51. The first-order valence-corrected chi connectivity index (χ1v) is 9.55. The average Bonchev–Trinajstić information content (AvgIpc) is 3.43. The van der Waals surface area contributed by atoms with Crippen LogP contribution in [0.2, 0.25) is 0 Å². The van der Waals surface area contributed by atoms with E-state index in [4.69, 9.17) is 4.74 Å². The van der Waals surface area contributed by atoms with Gasteiger partial charge in [-0.1, -0.05) is 36.4 Å². The minimum absolute atomic E-state index is 0.0953. The van der Waals surface area contributed by atoms with Crippen LogP contribution in [0.3, 0.4) is 0 Å². The Hall–Kier alpha value is -2.24. The van der Waals surface area contributed by atoms with Crippen LogP contribution in [0.5, 0.6) is 0 Å². The van der Waals surface area contributed by atoms with Gasteiger partial charge in [-0.25, -0.2) is 4.39 Å². The Labute approximate surface area is 159 Å². The second-order valence-electron chi connectivity index (χ2n) is 7.51. The fraction of sp³-hybridized carbons (Fsp3) is 0.409. The van der Waals surface area contributed by atoms with Crippen molar-refractivity contribution < 1.29 is 13.9 Å². The molecule has 2 aliphatic rings. The lowest BCUT2D eigenvalue weighted by Crippen LogP contribution is -2.45. The maximum Gasteiger partial charge on any atom is 0.242 e. The zero-order valence-corrected chi connectivity index (χ0v) is 15.5. The molecule has 0 saturated heterocycles. The quantitative estimate of drug-likeness (QED) is 0.788. The summed E-state index contributed by atoms with van der Waals surface area (Å²) in [6.07, 6.45) is 3.00. The van der Waals surface area contributed by atoms with Crippen LogP contribution in [-0.4, -0.2) is 25.6 Å². The number of ether oxygens (including phenoxy) is 1. The van der Waals surface area contributed by atoms with Gasteiger partial charge in [-0.2, -0.15) is 0 Å². The number of amides is 1. The molecule has 4 rings (SSSR count). The van der Waals surface area contributed by atoms with Gasteiger partial charge in [-0.3, -0.25) is 4.79 Å². The molecule has 0 aliphatic heterocycles. The van der Waals surface area contributed by atoms with Crippen LogP contribution in [0.1, 0.15) is 41.7 Å². The van der Waals surface area contributed by atoms with Crippen LogP contribution in [0, 0.1) is 11.7 Å². The van der Waals surface area contributed by atoms with Crippen LogP contribution in [0.25, 0.3) is 0 Å². The number of methoxy groups -OCH3 is 1. The van der Waals surface area contributed by atoms with E-state index in [0.717, 1.165) is 24.1 Å². The van der Waals surface area contributed by atoms with E-state index in [9.17, 15) is 9.18 Å². The predicted octanol–water partition coefficient (Wildman–Crippen LogP) is 3.30. The minimum atomic E-state index is -0.493. The average molecular weight is 368 g/mol. The smallest absolute Gasteiger partial charge is 0.242 e. The third kappa shape index (κ3) is 4.04. The highest BCUT2D eigenvalue weighted by Crippen LogP contribution is 2.34. The highest BCUT2D eigenvalue weighted by molar-refractivity contribution is 5.83. The van der Waals surface area contributed by atoms with Crippen LogP contribution >= 0.6 is 0 Å². The molecule has 0 bridgehead atoms. The molecule has 27 heavy (non-hydrogen) atoms. The molecule has 5 heteroatoms. The molecule has 1 amide bonds. The number of nitrogens with one attached hydrogen (secondary N) is 2. The summed E-state index contributed by atoms with van der Waals surface area (Å²) in [6.45, 7) is 0.800. The molecule has 2 aromatic carbocycles. The molecule has 2 unspecified atom stereocenters. The van der Waals surface area contributed by atoms with Crippen molar-refractivity contribution in [2.24, 2.45) is 5.92 Å². The Morgan fingerprint density at radius 3 is 2.63 bits per heavy atom. The van der Waals surface area contributed by atoms with Gasteiger partial charge in [0.15, 0.2) is 0 Å². The Morgan fingerprint density at radius 1 is 1.19 bits per heavy atom. The van der Waals surface area contributed by atoms with E-state index in [-0.39, 0.29) is 23.9 Å². The van der Waals surface area contributed by atoms with Crippen molar-refractivity contribution in [2.45, 2.75) is 37.5 Å². The summed E-state index contributed by atoms with van der Waals surface area (Å²) in [4.78, 5) is 13.1. The SMILES string of the molecule is COC1c2ccccc2CC1NC(=O)[C@@H](NCC1CC1)c1ccc(F)cc1. The summed E-state index contributed by atoms with van der Waals surface area (Å²) in [7, 11) is 1.68. The zero-order valence-electron chi connectivity index (χ0n) is 15.5. The predicted molar refractivity (Wildman–Crippen MR) is 102 cm³/mol. The van der Waals surface area contributed by atoms with E-state index in [1.54, 1.807) is 19.2 Å². The fourth-order valence-corrected chi connectivity index (χ4v) is 3.87. The highest BCUT2D eigenvalue weighted by Gasteiger charge is 2.35. The summed E-state index contributed by atoms with van der Waals surface area (Å²) >= 11 is 0. The van der Waals surface area contributed by atoms with Crippen molar-refractivity contribution in [3.05, 3.63) is 71.0 Å². The van der Waals surface area contributed by atoms with Gasteiger partial charge in [0, 0.05) is 7.11 Å². The number of fused-ring (bicyclic) bond motifs is 1. The van der Waals surface area contributed by atoms with E-state index < -0.39 is 6.04 Å². The minimum Gasteiger partial charge on any atom is -0.375 e. The lowest BCUT2D eigenvalue weighted by Gasteiger charge is -2.25. The number of halogens is 1. The molecular weight excluding hydrogens is 343 g/mol. The van der Waals surface area contributed by atoms with Gasteiger partial charge in [0.2, 0.25) is 5.91 Å². The molecule has 0 radical (unpaired) electrons. The zero-order chi connectivity index (χ0) is 18.8. The Bertz CT molecular complexity index is 804. The molecule has 0 heterocycles. The highest BCUT2D eigenvalue weighted by atomic mass is 19.1. The van der Waals surface area contributed by atoms with E-state index in [1.165, 1.54) is 30.5 Å². The molecular formula is C22H25FN2O2. The van der Waals surface area contributed by atoms with Crippen molar-refractivity contribution in [2.75, 3.05) is 13.7 Å². The van der Waals surface area contributed by atoms with Crippen molar-refractivity contribution in [1.29, 1.82) is 0 Å². The Balaban J connectivity index is 1.50. The van der Waals surface area contributed by atoms with Crippen molar-refractivity contribution >= 4 is 5.91 Å². The maximum atomic E-state index is 13.3. The van der Waals surface area contributed by atoms with E-state index >= 15 is 0 Å². The number of rotatable bonds is 7. The molecule has 2 aliphatic carbocycles. The summed E-state index contributed by atoms with van der Waals surface area (Å²) in [5.41, 5.74) is 3.12. The number of hydrogen-bond donors (Lipinski definition) is 2. The number of carbonyl (C=O) groups is 1. The van der Waals surface area contributed by atoms with E-state index in [1.807, 2.05) is 12.1 Å². The van der Waals surface area contributed by atoms with Crippen LogP contribution < -0.4 is 10.6 Å². The fourth-order valence-electron chi connectivity index (χ4n) is 3.87. The van der Waals surface area contributed by atoms with Gasteiger partial charge in [0.05, 0.1) is 6.04 Å². The number of hydrogen-bond acceptors (Lipinski definition) is 3. The third-order valence-corrected chi connectivity index (χ3v) is 5.52. The van der Waals surface area contributed by atoms with Crippen molar-refractivity contribution in [3.8, 4) is 0 Å². The van der Waals surface area contributed by atoms with Gasteiger partial charge >= 0.3 is 0 Å². The van der Waals surface area contributed by atoms with Crippen LogP contribution in [0.4, 0.5) is 4.39 Å². The molecule has 2 N–H and O–H groups in total. The second kappa shape index (κ2) is 7.79. The van der Waals surface area contributed by atoms with Gasteiger partial charge in [0.25, 0.3) is 0 Å². The molecule has 0 spiro atoms. The van der Waals surface area contributed by atoms with Crippen molar-refractivity contribution in [3.63, 3.8) is 0 Å². The molecule has 1 saturated carbocycles. The van der Waals surface area contributed by atoms with Gasteiger partial charge in [-0.15, -0.1) is 0 Å². The first-order valence-electron chi connectivity index (χ1n) is 9.55. The van der Waals surface area contributed by atoms with Gasteiger partial charge in [-0.05, 0) is 60.5 Å². The Morgan fingerprint density at radius 2 is 1.93 bits per heavy atom.